The molecule has 4 heterocycles. The third kappa shape index (κ3) is 3.84. The summed E-state index contributed by atoms with van der Waals surface area (Å²) in [5, 5.41) is 5.60. The van der Waals surface area contributed by atoms with Gasteiger partial charge in [-0.2, -0.15) is 13.2 Å². The van der Waals surface area contributed by atoms with Crippen molar-refractivity contribution in [3.8, 4) is 11.3 Å². The molecule has 10 heteroatoms. The summed E-state index contributed by atoms with van der Waals surface area (Å²) in [7, 11) is 0. The summed E-state index contributed by atoms with van der Waals surface area (Å²) in [5.74, 6) is 0.532. The summed E-state index contributed by atoms with van der Waals surface area (Å²) >= 11 is 0. The molecule has 1 saturated heterocycles. The van der Waals surface area contributed by atoms with Gasteiger partial charge in [0.15, 0.2) is 0 Å². The number of hydrogen-bond donors (Lipinski definition) is 2. The number of fused-ring (bicyclic) bond motifs is 1. The van der Waals surface area contributed by atoms with E-state index in [0.29, 0.717) is 11.5 Å². The van der Waals surface area contributed by atoms with Gasteiger partial charge in [0.05, 0.1) is 11.3 Å². The van der Waals surface area contributed by atoms with E-state index in [1.807, 2.05) is 13.0 Å². The number of rotatable bonds is 2. The zero-order valence-corrected chi connectivity index (χ0v) is 15.9. The Kier molecular flexibility index (Phi) is 4.81. The molecule has 1 unspecified atom stereocenters. The maximum absolute atomic E-state index is 13.6. The average Bonchev–Trinajstić information content (AvgIpc) is 2.65. The van der Waals surface area contributed by atoms with Crippen LogP contribution in [0.25, 0.3) is 11.3 Å². The van der Waals surface area contributed by atoms with Crippen LogP contribution >= 0.6 is 0 Å². The van der Waals surface area contributed by atoms with Gasteiger partial charge in [-0.05, 0) is 37.6 Å². The zero-order valence-electron chi connectivity index (χ0n) is 15.9. The highest BCUT2D eigenvalue weighted by Crippen LogP contribution is 2.45. The fourth-order valence-corrected chi connectivity index (χ4v) is 3.67. The number of halogens is 3. The quantitative estimate of drug-likeness (QED) is 0.794. The second-order valence-electron chi connectivity index (χ2n) is 7.26. The molecule has 29 heavy (non-hydrogen) atoms. The number of nitrogens with one attached hydrogen (secondary N) is 2. The van der Waals surface area contributed by atoms with Crippen LogP contribution in [0.15, 0.2) is 24.4 Å². The van der Waals surface area contributed by atoms with E-state index in [1.165, 1.54) is 12.3 Å². The van der Waals surface area contributed by atoms with Crippen molar-refractivity contribution in [3.05, 3.63) is 35.5 Å². The van der Waals surface area contributed by atoms with Crippen molar-refractivity contribution in [1.29, 1.82) is 0 Å². The summed E-state index contributed by atoms with van der Waals surface area (Å²) < 4.78 is 45.4. The highest BCUT2D eigenvalue weighted by atomic mass is 19.4. The molecular weight excluding hydrogens is 387 g/mol. The number of piperazine rings is 1. The number of anilines is 2. The van der Waals surface area contributed by atoms with E-state index in [2.05, 4.69) is 37.2 Å². The Bertz CT molecular complexity index is 950. The first-order valence-corrected chi connectivity index (χ1v) is 9.23. The molecule has 0 saturated carbocycles. The number of aryl methyl sites for hydroxylation is 1. The van der Waals surface area contributed by atoms with Crippen molar-refractivity contribution in [2.75, 3.05) is 29.9 Å². The number of alkyl halides is 3. The maximum Gasteiger partial charge on any atom is 0.430 e. The maximum atomic E-state index is 13.6. The van der Waals surface area contributed by atoms with E-state index in [1.54, 1.807) is 6.07 Å². The van der Waals surface area contributed by atoms with E-state index >= 15 is 0 Å². The molecule has 154 valence electrons. The van der Waals surface area contributed by atoms with Gasteiger partial charge in [0.1, 0.15) is 11.6 Å². The van der Waals surface area contributed by atoms with Crippen LogP contribution in [0, 0.1) is 6.92 Å². The Labute approximate surface area is 165 Å². The third-order valence-corrected chi connectivity index (χ3v) is 4.92. The monoisotopic (exact) mass is 407 g/mol. The molecule has 2 N–H and O–H groups in total. The van der Waals surface area contributed by atoms with E-state index < -0.39 is 18.4 Å². The minimum absolute atomic E-state index is 0.165. The second kappa shape index (κ2) is 7.18. The molecule has 1 fully saturated rings. The lowest BCUT2D eigenvalue weighted by Crippen LogP contribution is -2.49. The largest absolute Gasteiger partial charge is 0.431 e. The molecular formula is C19H20F3N5O2. The second-order valence-corrected chi connectivity index (χ2v) is 7.26. The SMILES string of the molecule is Cc1cc(-c2ccnc3c2C(C(F)(F)F)OC(=O)N3)nc(N2CCN[C@@H](C)C2)c1. The highest BCUT2D eigenvalue weighted by Gasteiger charge is 2.49. The van der Waals surface area contributed by atoms with Crippen LogP contribution in [0.5, 0.6) is 0 Å². The molecule has 2 aromatic heterocycles. The summed E-state index contributed by atoms with van der Waals surface area (Å²) in [6, 6.07) is 5.37. The lowest BCUT2D eigenvalue weighted by molar-refractivity contribution is -0.206. The first-order chi connectivity index (χ1) is 13.7. The molecule has 0 aliphatic carbocycles. The number of amides is 1. The van der Waals surface area contributed by atoms with Crippen LogP contribution in [0.4, 0.5) is 29.6 Å². The number of pyridine rings is 2. The lowest BCUT2D eigenvalue weighted by atomic mass is 9.98. The van der Waals surface area contributed by atoms with Crippen molar-refractivity contribution < 1.29 is 22.7 Å². The lowest BCUT2D eigenvalue weighted by Gasteiger charge is -2.33. The molecule has 2 aliphatic rings. The average molecular weight is 407 g/mol. The molecule has 0 radical (unpaired) electrons. The van der Waals surface area contributed by atoms with Gasteiger partial charge >= 0.3 is 12.3 Å². The van der Waals surface area contributed by atoms with Crippen LogP contribution in [-0.4, -0.2) is 47.9 Å². The summed E-state index contributed by atoms with van der Waals surface area (Å²) in [5.41, 5.74) is 1.23. The van der Waals surface area contributed by atoms with Gasteiger partial charge in [0, 0.05) is 37.4 Å². The minimum atomic E-state index is -4.77. The summed E-state index contributed by atoms with van der Waals surface area (Å²) in [4.78, 5) is 22.2. The van der Waals surface area contributed by atoms with Crippen molar-refractivity contribution >= 4 is 17.7 Å². The van der Waals surface area contributed by atoms with E-state index in [9.17, 15) is 18.0 Å². The zero-order chi connectivity index (χ0) is 20.8. The van der Waals surface area contributed by atoms with Crippen LogP contribution < -0.4 is 15.5 Å². The standard InChI is InChI=1S/C19H20F3N5O2/c1-10-7-13(25-14(8-10)27-6-5-23-11(2)9-27)12-3-4-24-17-15(12)16(19(20,21)22)29-18(28)26-17/h3-4,7-8,11,16,23H,5-6,9H2,1-2H3,(H,24,26,28)/t11-,16?/m0/s1. The number of cyclic esters (lactones) is 1. The van der Waals surface area contributed by atoms with Gasteiger partial charge in [0.25, 0.3) is 0 Å². The van der Waals surface area contributed by atoms with Crippen LogP contribution in [0.3, 0.4) is 0 Å². The minimum Gasteiger partial charge on any atom is -0.431 e. The van der Waals surface area contributed by atoms with Crippen molar-refractivity contribution in [2.45, 2.75) is 32.2 Å². The highest BCUT2D eigenvalue weighted by molar-refractivity contribution is 5.89. The van der Waals surface area contributed by atoms with Gasteiger partial charge in [-0.3, -0.25) is 5.32 Å². The summed E-state index contributed by atoms with van der Waals surface area (Å²) in [6.07, 6.45) is -7.01. The smallest absolute Gasteiger partial charge is 0.430 e. The molecule has 2 atom stereocenters. The Morgan fingerprint density at radius 2 is 2.10 bits per heavy atom. The van der Waals surface area contributed by atoms with Crippen molar-refractivity contribution in [1.82, 2.24) is 15.3 Å². The molecule has 7 nitrogen and oxygen atoms in total. The first-order valence-electron chi connectivity index (χ1n) is 9.23. The molecule has 0 bridgehead atoms. The van der Waals surface area contributed by atoms with Gasteiger partial charge in [-0.25, -0.2) is 14.8 Å². The van der Waals surface area contributed by atoms with Gasteiger partial charge < -0.3 is 15.0 Å². The molecule has 0 aromatic carbocycles. The fraction of sp³-hybridized carbons (Fsp3) is 0.421. The van der Waals surface area contributed by atoms with Gasteiger partial charge in [-0.1, -0.05) is 0 Å². The van der Waals surface area contributed by atoms with Crippen LogP contribution in [0.2, 0.25) is 0 Å². The molecule has 4 rings (SSSR count). The normalized spacial score (nSPS) is 22.0. The Morgan fingerprint density at radius 1 is 1.31 bits per heavy atom. The summed E-state index contributed by atoms with van der Waals surface area (Å²) in [6.45, 7) is 6.23. The fourth-order valence-electron chi connectivity index (χ4n) is 3.67. The first kappa shape index (κ1) is 19.4. The predicted molar refractivity (Wildman–Crippen MR) is 101 cm³/mol. The Balaban J connectivity index is 1.82. The Morgan fingerprint density at radius 3 is 2.83 bits per heavy atom. The predicted octanol–water partition coefficient (Wildman–Crippen LogP) is 3.42. The van der Waals surface area contributed by atoms with E-state index in [0.717, 1.165) is 25.2 Å². The molecule has 0 spiro atoms. The van der Waals surface area contributed by atoms with E-state index in [-0.39, 0.29) is 23.0 Å². The number of hydrogen-bond acceptors (Lipinski definition) is 6. The van der Waals surface area contributed by atoms with Gasteiger partial charge in [-0.15, -0.1) is 0 Å². The van der Waals surface area contributed by atoms with Crippen LogP contribution in [-0.2, 0) is 4.74 Å². The number of ether oxygens (including phenoxy) is 1. The number of nitrogens with zero attached hydrogens (tertiary/aromatic N) is 3. The third-order valence-electron chi connectivity index (χ3n) is 4.92. The topological polar surface area (TPSA) is 79.4 Å². The Hall–Kier alpha value is -2.88. The number of carbonyl (C=O) groups excluding carboxylic acids is 1. The number of carbonyl (C=O) groups is 1. The van der Waals surface area contributed by atoms with Crippen molar-refractivity contribution in [3.63, 3.8) is 0 Å². The number of aromatic nitrogens is 2. The van der Waals surface area contributed by atoms with Crippen molar-refractivity contribution in [2.24, 2.45) is 0 Å². The molecule has 2 aromatic rings. The molecule has 1 amide bonds. The van der Waals surface area contributed by atoms with Crippen LogP contribution in [0.1, 0.15) is 24.2 Å². The van der Waals surface area contributed by atoms with Gasteiger partial charge in [0.2, 0.25) is 6.10 Å². The van der Waals surface area contributed by atoms with E-state index in [4.69, 9.17) is 0 Å². The molecule has 2 aliphatic heterocycles.